The quantitative estimate of drug-likeness (QED) is 0.788. The Labute approximate surface area is 108 Å². The molecule has 18 heavy (non-hydrogen) atoms. The second-order valence-electron chi connectivity index (χ2n) is 5.42. The average molecular weight is 247 g/mol. The van der Waals surface area contributed by atoms with Crippen molar-refractivity contribution in [2.45, 2.75) is 18.5 Å². The Morgan fingerprint density at radius 3 is 3.06 bits per heavy atom. The molecule has 1 aromatic rings. The highest BCUT2D eigenvalue weighted by Gasteiger charge is 2.38. The maximum atomic E-state index is 6.46. The summed E-state index contributed by atoms with van der Waals surface area (Å²) in [6.45, 7) is 2.20. The molecule has 1 aromatic carbocycles. The SMILES string of the molecule is COc1cccc2c1NC1CCN(C)CC1C2N. The number of nitrogens with zero attached hydrogens (tertiary/aromatic N) is 1. The maximum absolute atomic E-state index is 6.46. The molecule has 1 fully saturated rings. The van der Waals surface area contributed by atoms with Gasteiger partial charge < -0.3 is 20.7 Å². The maximum Gasteiger partial charge on any atom is 0.142 e. The van der Waals surface area contributed by atoms with Gasteiger partial charge in [0.2, 0.25) is 0 Å². The van der Waals surface area contributed by atoms with E-state index in [9.17, 15) is 0 Å². The van der Waals surface area contributed by atoms with E-state index in [2.05, 4.69) is 23.3 Å². The largest absolute Gasteiger partial charge is 0.495 e. The average Bonchev–Trinajstić information content (AvgIpc) is 2.39. The number of rotatable bonds is 1. The third-order valence-electron chi connectivity index (χ3n) is 4.29. The minimum atomic E-state index is 0.101. The Bertz CT molecular complexity index is 449. The van der Waals surface area contributed by atoms with E-state index >= 15 is 0 Å². The Balaban J connectivity index is 1.99. The van der Waals surface area contributed by atoms with Crippen LogP contribution in [-0.4, -0.2) is 38.2 Å². The van der Waals surface area contributed by atoms with E-state index in [1.807, 2.05) is 12.1 Å². The first kappa shape index (κ1) is 11.8. The molecule has 2 aliphatic rings. The predicted molar refractivity (Wildman–Crippen MR) is 72.9 cm³/mol. The summed E-state index contributed by atoms with van der Waals surface area (Å²) in [7, 11) is 3.88. The number of piperidine rings is 1. The molecule has 0 aromatic heterocycles. The molecule has 3 atom stereocenters. The van der Waals surface area contributed by atoms with Gasteiger partial charge in [-0.3, -0.25) is 0 Å². The monoisotopic (exact) mass is 247 g/mol. The lowest BCUT2D eigenvalue weighted by molar-refractivity contribution is 0.167. The van der Waals surface area contributed by atoms with E-state index in [1.165, 1.54) is 5.56 Å². The van der Waals surface area contributed by atoms with Gasteiger partial charge in [-0.15, -0.1) is 0 Å². The predicted octanol–water partition coefficient (Wildman–Crippen LogP) is 1.44. The van der Waals surface area contributed by atoms with Crippen LogP contribution in [0, 0.1) is 5.92 Å². The van der Waals surface area contributed by atoms with Crippen molar-refractivity contribution in [2.24, 2.45) is 11.7 Å². The van der Waals surface area contributed by atoms with Gasteiger partial charge in [0.25, 0.3) is 0 Å². The summed E-state index contributed by atoms with van der Waals surface area (Å²) in [5.74, 6) is 1.39. The van der Waals surface area contributed by atoms with Gasteiger partial charge in [-0.1, -0.05) is 12.1 Å². The normalized spacial score (nSPS) is 31.2. The lowest BCUT2D eigenvalue weighted by atomic mass is 9.79. The van der Waals surface area contributed by atoms with Crippen LogP contribution in [0.15, 0.2) is 18.2 Å². The van der Waals surface area contributed by atoms with E-state index < -0.39 is 0 Å². The number of ether oxygens (including phenoxy) is 1. The zero-order valence-corrected chi connectivity index (χ0v) is 11.0. The second kappa shape index (κ2) is 4.44. The first-order chi connectivity index (χ1) is 8.70. The summed E-state index contributed by atoms with van der Waals surface area (Å²) >= 11 is 0. The number of hydrogen-bond donors (Lipinski definition) is 2. The summed E-state index contributed by atoms with van der Waals surface area (Å²) in [6, 6.07) is 6.70. The van der Waals surface area contributed by atoms with Crippen molar-refractivity contribution in [3.8, 4) is 5.75 Å². The van der Waals surface area contributed by atoms with Crippen LogP contribution in [0.3, 0.4) is 0 Å². The minimum Gasteiger partial charge on any atom is -0.495 e. The molecular formula is C14H21N3O. The Kier molecular flexibility index (Phi) is 2.92. The fourth-order valence-corrected chi connectivity index (χ4v) is 3.26. The Morgan fingerprint density at radius 2 is 2.28 bits per heavy atom. The fraction of sp³-hybridized carbons (Fsp3) is 0.571. The van der Waals surface area contributed by atoms with Crippen molar-refractivity contribution in [1.82, 2.24) is 4.90 Å². The number of para-hydroxylation sites is 1. The Hall–Kier alpha value is -1.26. The van der Waals surface area contributed by atoms with Crippen molar-refractivity contribution >= 4 is 5.69 Å². The van der Waals surface area contributed by atoms with E-state index in [0.29, 0.717) is 12.0 Å². The highest BCUT2D eigenvalue weighted by Crippen LogP contribution is 2.42. The number of hydrogen-bond acceptors (Lipinski definition) is 4. The van der Waals surface area contributed by atoms with Crippen LogP contribution in [0.2, 0.25) is 0 Å². The highest BCUT2D eigenvalue weighted by molar-refractivity contribution is 5.65. The molecule has 0 saturated carbocycles. The van der Waals surface area contributed by atoms with Gasteiger partial charge in [0, 0.05) is 24.5 Å². The van der Waals surface area contributed by atoms with E-state index in [1.54, 1.807) is 7.11 Å². The van der Waals surface area contributed by atoms with Gasteiger partial charge in [-0.05, 0) is 31.6 Å². The zero-order valence-electron chi connectivity index (χ0n) is 11.0. The molecule has 3 N–H and O–H groups in total. The van der Waals surface area contributed by atoms with Crippen molar-refractivity contribution in [2.75, 3.05) is 32.6 Å². The third kappa shape index (κ3) is 1.76. The molecule has 98 valence electrons. The smallest absolute Gasteiger partial charge is 0.142 e. The number of anilines is 1. The molecule has 4 heteroatoms. The molecule has 1 saturated heterocycles. The molecule has 0 aliphatic carbocycles. The number of likely N-dealkylation sites (tertiary alicyclic amines) is 1. The van der Waals surface area contributed by atoms with Gasteiger partial charge in [0.1, 0.15) is 5.75 Å². The van der Waals surface area contributed by atoms with E-state index in [-0.39, 0.29) is 6.04 Å². The molecule has 2 heterocycles. The third-order valence-corrected chi connectivity index (χ3v) is 4.29. The molecule has 0 amide bonds. The lowest BCUT2D eigenvalue weighted by Crippen LogP contribution is -2.51. The second-order valence-corrected chi connectivity index (χ2v) is 5.42. The number of benzene rings is 1. The topological polar surface area (TPSA) is 50.5 Å². The molecule has 4 nitrogen and oxygen atoms in total. The number of nitrogens with one attached hydrogen (secondary N) is 1. The van der Waals surface area contributed by atoms with Crippen LogP contribution in [0.4, 0.5) is 5.69 Å². The summed E-state index contributed by atoms with van der Waals surface area (Å²) in [5, 5.41) is 3.64. The molecule has 0 radical (unpaired) electrons. The van der Waals surface area contributed by atoms with Crippen molar-refractivity contribution in [1.29, 1.82) is 0 Å². The molecule has 3 rings (SSSR count). The van der Waals surface area contributed by atoms with Gasteiger partial charge in [0.15, 0.2) is 0 Å². The number of methoxy groups -OCH3 is 1. The lowest BCUT2D eigenvalue weighted by Gasteiger charge is -2.45. The van der Waals surface area contributed by atoms with Crippen LogP contribution in [0.25, 0.3) is 0 Å². The molecular weight excluding hydrogens is 226 g/mol. The van der Waals surface area contributed by atoms with E-state index in [4.69, 9.17) is 10.5 Å². The summed E-state index contributed by atoms with van der Waals surface area (Å²) in [4.78, 5) is 2.37. The van der Waals surface area contributed by atoms with Gasteiger partial charge in [-0.25, -0.2) is 0 Å². The van der Waals surface area contributed by atoms with Gasteiger partial charge in [0.05, 0.1) is 12.8 Å². The van der Waals surface area contributed by atoms with Crippen LogP contribution in [-0.2, 0) is 0 Å². The van der Waals surface area contributed by atoms with Crippen LogP contribution in [0.1, 0.15) is 18.0 Å². The summed E-state index contributed by atoms with van der Waals surface area (Å²) in [6.07, 6.45) is 1.15. The summed E-state index contributed by atoms with van der Waals surface area (Å²) < 4.78 is 5.43. The van der Waals surface area contributed by atoms with Crippen LogP contribution < -0.4 is 15.8 Å². The standard InChI is InChI=1S/C14H21N3O/c1-17-7-6-11-10(8-17)13(15)9-4-3-5-12(18-2)14(9)16-11/h3-5,10-11,13,16H,6-8,15H2,1-2H3. The van der Waals surface area contributed by atoms with Crippen molar-refractivity contribution < 1.29 is 4.74 Å². The van der Waals surface area contributed by atoms with E-state index in [0.717, 1.165) is 30.9 Å². The van der Waals surface area contributed by atoms with Gasteiger partial charge in [-0.2, -0.15) is 0 Å². The van der Waals surface area contributed by atoms with Gasteiger partial charge >= 0.3 is 0 Å². The minimum absolute atomic E-state index is 0.101. The first-order valence-electron chi connectivity index (χ1n) is 6.58. The van der Waals surface area contributed by atoms with Crippen LogP contribution >= 0.6 is 0 Å². The fourth-order valence-electron chi connectivity index (χ4n) is 3.26. The molecule has 0 spiro atoms. The Morgan fingerprint density at radius 1 is 1.44 bits per heavy atom. The van der Waals surface area contributed by atoms with Crippen molar-refractivity contribution in [3.05, 3.63) is 23.8 Å². The summed E-state index contributed by atoms with van der Waals surface area (Å²) in [5.41, 5.74) is 8.75. The highest BCUT2D eigenvalue weighted by atomic mass is 16.5. The zero-order chi connectivity index (χ0) is 12.7. The van der Waals surface area contributed by atoms with Crippen LogP contribution in [0.5, 0.6) is 5.75 Å². The number of nitrogens with two attached hydrogens (primary N) is 1. The molecule has 0 bridgehead atoms. The molecule has 3 unspecified atom stereocenters. The first-order valence-corrected chi connectivity index (χ1v) is 6.58. The van der Waals surface area contributed by atoms with Crippen molar-refractivity contribution in [3.63, 3.8) is 0 Å². The number of fused-ring (bicyclic) bond motifs is 2. The molecule has 2 aliphatic heterocycles.